The van der Waals surface area contributed by atoms with Crippen molar-refractivity contribution in [3.8, 4) is 11.8 Å². The first-order valence-electron chi connectivity index (χ1n) is 10.1. The van der Waals surface area contributed by atoms with Crippen molar-refractivity contribution in [3.63, 3.8) is 0 Å². The van der Waals surface area contributed by atoms with Gasteiger partial charge in [-0.25, -0.2) is 9.78 Å². The lowest BCUT2D eigenvalue weighted by Gasteiger charge is -2.14. The van der Waals surface area contributed by atoms with Crippen molar-refractivity contribution < 1.29 is 14.6 Å². The van der Waals surface area contributed by atoms with E-state index in [2.05, 4.69) is 33.6 Å². The average molecular weight is 514 g/mol. The van der Waals surface area contributed by atoms with Gasteiger partial charge in [-0.3, -0.25) is 0 Å². The van der Waals surface area contributed by atoms with Crippen LogP contribution in [0, 0.1) is 25.2 Å². The first-order chi connectivity index (χ1) is 15.2. The number of fused-ring (bicyclic) bond motifs is 1. The molecule has 0 aliphatic heterocycles. The van der Waals surface area contributed by atoms with Gasteiger partial charge < -0.3 is 14.4 Å². The lowest BCUT2D eigenvalue weighted by Crippen LogP contribution is -2.09. The van der Waals surface area contributed by atoms with E-state index in [1.54, 1.807) is 25.1 Å². The van der Waals surface area contributed by atoms with Crippen LogP contribution in [0.2, 0.25) is 0 Å². The van der Waals surface area contributed by atoms with Crippen LogP contribution in [0.25, 0.3) is 10.9 Å². The third-order valence-electron chi connectivity index (χ3n) is 5.42. The summed E-state index contributed by atoms with van der Waals surface area (Å²) in [5.74, 6) is 0.00179. The van der Waals surface area contributed by atoms with E-state index in [9.17, 15) is 15.2 Å². The van der Waals surface area contributed by atoms with Gasteiger partial charge in [-0.2, -0.15) is 5.26 Å². The van der Waals surface area contributed by atoms with Crippen LogP contribution in [0.5, 0.6) is 5.75 Å². The Bertz CT molecular complexity index is 1270. The summed E-state index contributed by atoms with van der Waals surface area (Å²) in [5, 5.41) is 21.2. The normalized spacial score (nSPS) is 10.9. The molecule has 0 saturated carbocycles. The van der Waals surface area contributed by atoms with E-state index in [1.165, 1.54) is 11.8 Å². The molecule has 0 unspecified atom stereocenters. The first-order valence-corrected chi connectivity index (χ1v) is 11.8. The van der Waals surface area contributed by atoms with E-state index in [0.717, 1.165) is 28.0 Å². The fraction of sp³-hybridized carbons (Fsp3) is 0.292. The van der Waals surface area contributed by atoms with Crippen LogP contribution >= 0.6 is 27.7 Å². The molecule has 0 aliphatic rings. The number of thioether (sulfide) groups is 1. The highest BCUT2D eigenvalue weighted by atomic mass is 79.9. The van der Waals surface area contributed by atoms with Crippen LogP contribution in [0.3, 0.4) is 0 Å². The second-order valence-electron chi connectivity index (χ2n) is 7.30. The molecule has 0 amide bonds. The van der Waals surface area contributed by atoms with Crippen LogP contribution in [0.4, 0.5) is 0 Å². The van der Waals surface area contributed by atoms with Crippen molar-refractivity contribution >= 4 is 44.6 Å². The predicted molar refractivity (Wildman–Crippen MR) is 130 cm³/mol. The molecule has 0 spiro atoms. The zero-order chi connectivity index (χ0) is 23.6. The van der Waals surface area contributed by atoms with Gasteiger partial charge in [-0.1, -0.05) is 17.8 Å². The molecule has 3 rings (SSSR count). The average Bonchev–Trinajstić information content (AvgIpc) is 3.01. The van der Waals surface area contributed by atoms with Crippen molar-refractivity contribution in [2.75, 3.05) is 6.61 Å². The molecule has 8 heteroatoms. The Morgan fingerprint density at radius 3 is 2.78 bits per heavy atom. The fourth-order valence-corrected chi connectivity index (χ4v) is 5.26. The summed E-state index contributed by atoms with van der Waals surface area (Å²) in [6.07, 6.45) is 2.46. The van der Waals surface area contributed by atoms with Crippen molar-refractivity contribution in [3.05, 3.63) is 62.9 Å². The van der Waals surface area contributed by atoms with Gasteiger partial charge in [0.1, 0.15) is 16.8 Å². The largest absolute Gasteiger partial charge is 0.507 e. The van der Waals surface area contributed by atoms with Gasteiger partial charge in [-0.05, 0) is 66.4 Å². The van der Waals surface area contributed by atoms with E-state index < -0.39 is 5.97 Å². The molecule has 0 atom stereocenters. The number of carbonyl (C=O) groups is 1. The standard InChI is InChI=1S/C24H24BrN3O3S/c1-6-8-15-13(3)17(11-26)23(27-14(15)4)32-12-20-22(24(30)31-7-2)16-9-21(29)18(25)10-19(16)28(20)5/h6,9-10,29H,1,7-8,12H2,2-5H3. The summed E-state index contributed by atoms with van der Waals surface area (Å²) in [6, 6.07) is 5.63. The van der Waals surface area contributed by atoms with E-state index in [1.807, 2.05) is 25.5 Å². The van der Waals surface area contributed by atoms with Crippen molar-refractivity contribution in [2.45, 2.75) is 38.0 Å². The number of rotatable bonds is 7. The number of hydrogen-bond acceptors (Lipinski definition) is 6. The molecule has 1 N–H and O–H groups in total. The number of benzene rings is 1. The second kappa shape index (κ2) is 9.80. The number of aromatic hydroxyl groups is 1. The Kier molecular flexibility index (Phi) is 7.32. The van der Waals surface area contributed by atoms with E-state index in [0.29, 0.717) is 38.2 Å². The molecule has 1 aromatic carbocycles. The number of ether oxygens (including phenoxy) is 1. The maximum atomic E-state index is 12.8. The number of nitrogens with zero attached hydrogens (tertiary/aromatic N) is 3. The zero-order valence-corrected chi connectivity index (χ0v) is 20.9. The highest BCUT2D eigenvalue weighted by molar-refractivity contribution is 9.10. The molecule has 166 valence electrons. The summed E-state index contributed by atoms with van der Waals surface area (Å²) in [4.78, 5) is 17.5. The maximum absolute atomic E-state index is 12.8. The molecule has 2 heterocycles. The smallest absolute Gasteiger partial charge is 0.340 e. The number of hydrogen-bond donors (Lipinski definition) is 1. The third kappa shape index (κ3) is 4.27. The summed E-state index contributed by atoms with van der Waals surface area (Å²) >= 11 is 4.75. The van der Waals surface area contributed by atoms with Crippen molar-refractivity contribution in [2.24, 2.45) is 7.05 Å². The monoisotopic (exact) mass is 513 g/mol. The van der Waals surface area contributed by atoms with Crippen LogP contribution < -0.4 is 0 Å². The molecule has 0 saturated heterocycles. The second-order valence-corrected chi connectivity index (χ2v) is 9.11. The van der Waals surface area contributed by atoms with Crippen LogP contribution in [-0.4, -0.2) is 27.2 Å². The minimum absolute atomic E-state index is 0.0466. The van der Waals surface area contributed by atoms with Gasteiger partial charge in [0.25, 0.3) is 0 Å². The summed E-state index contributed by atoms with van der Waals surface area (Å²) in [6.45, 7) is 9.65. The Morgan fingerprint density at radius 1 is 1.44 bits per heavy atom. The van der Waals surface area contributed by atoms with E-state index >= 15 is 0 Å². The molecule has 0 aliphatic carbocycles. The minimum atomic E-state index is -0.447. The van der Waals surface area contributed by atoms with Crippen molar-refractivity contribution in [1.29, 1.82) is 5.26 Å². The Labute approximate surface area is 200 Å². The number of nitriles is 1. The van der Waals surface area contributed by atoms with Gasteiger partial charge in [0.2, 0.25) is 0 Å². The van der Waals surface area contributed by atoms with E-state index in [-0.39, 0.29) is 12.4 Å². The lowest BCUT2D eigenvalue weighted by atomic mass is 10.0. The topological polar surface area (TPSA) is 88.1 Å². The number of phenolic OH excluding ortho intramolecular Hbond substituents is 1. The quantitative estimate of drug-likeness (QED) is 0.246. The fourth-order valence-electron chi connectivity index (χ4n) is 3.77. The summed E-state index contributed by atoms with van der Waals surface area (Å²) in [5.41, 5.74) is 5.24. The first kappa shape index (κ1) is 23.9. The minimum Gasteiger partial charge on any atom is -0.507 e. The maximum Gasteiger partial charge on any atom is 0.340 e. The SMILES string of the molecule is C=CCc1c(C)nc(SCc2c(C(=O)OCC)c3cc(O)c(Br)cc3n2C)c(C#N)c1C. The number of pyridine rings is 1. The Hall–Kier alpha value is -2.76. The number of halogens is 1. The van der Waals surface area contributed by atoms with Gasteiger partial charge in [-0.15, -0.1) is 6.58 Å². The molecule has 32 heavy (non-hydrogen) atoms. The number of aromatic nitrogens is 2. The van der Waals surface area contributed by atoms with Crippen LogP contribution in [-0.2, 0) is 24.0 Å². The molecular formula is C24H24BrN3O3S. The lowest BCUT2D eigenvalue weighted by molar-refractivity contribution is 0.0527. The number of aryl methyl sites for hydroxylation is 2. The molecule has 0 radical (unpaired) electrons. The molecule has 0 bridgehead atoms. The molecule has 6 nitrogen and oxygen atoms in total. The van der Waals surface area contributed by atoms with Gasteiger partial charge in [0, 0.05) is 29.6 Å². The molecular weight excluding hydrogens is 490 g/mol. The van der Waals surface area contributed by atoms with Crippen LogP contribution in [0.15, 0.2) is 34.3 Å². The highest BCUT2D eigenvalue weighted by Crippen LogP contribution is 2.37. The predicted octanol–water partition coefficient (Wildman–Crippen LogP) is 5.73. The number of phenols is 1. The summed E-state index contributed by atoms with van der Waals surface area (Å²) < 4.78 is 7.76. The molecule has 3 aromatic rings. The van der Waals surface area contributed by atoms with Gasteiger partial charge >= 0.3 is 5.97 Å². The third-order valence-corrected chi connectivity index (χ3v) is 7.04. The Balaban J connectivity index is 2.11. The Morgan fingerprint density at radius 2 is 2.16 bits per heavy atom. The van der Waals surface area contributed by atoms with Crippen molar-refractivity contribution in [1.82, 2.24) is 9.55 Å². The highest BCUT2D eigenvalue weighted by Gasteiger charge is 2.24. The van der Waals surface area contributed by atoms with Gasteiger partial charge in [0.15, 0.2) is 0 Å². The molecule has 0 fully saturated rings. The number of allylic oxidation sites excluding steroid dienone is 1. The van der Waals surface area contributed by atoms with Gasteiger partial charge in [0.05, 0.1) is 27.7 Å². The zero-order valence-electron chi connectivity index (χ0n) is 18.5. The van der Waals surface area contributed by atoms with E-state index in [4.69, 9.17) is 4.74 Å². The molecule has 2 aromatic heterocycles. The number of carbonyl (C=O) groups excluding carboxylic acids is 1. The summed E-state index contributed by atoms with van der Waals surface area (Å²) in [7, 11) is 1.87. The number of esters is 1. The van der Waals surface area contributed by atoms with Crippen LogP contribution in [0.1, 0.15) is 45.4 Å².